The molecule has 25 heavy (non-hydrogen) atoms. The van der Waals surface area contributed by atoms with Gasteiger partial charge in [-0.25, -0.2) is 12.8 Å². The first-order valence-corrected chi connectivity index (χ1v) is 11.0. The average molecular weight is 384 g/mol. The van der Waals surface area contributed by atoms with Crippen molar-refractivity contribution in [3.8, 4) is 0 Å². The van der Waals surface area contributed by atoms with Crippen LogP contribution >= 0.6 is 11.8 Å². The van der Waals surface area contributed by atoms with Crippen molar-refractivity contribution < 1.29 is 17.6 Å². The lowest BCUT2D eigenvalue weighted by atomic mass is 10.1. The number of carbonyl (C=O) groups is 1. The third kappa shape index (κ3) is 4.23. The van der Waals surface area contributed by atoms with Crippen LogP contribution in [0.25, 0.3) is 0 Å². The Hall–Kier alpha value is -1.41. The van der Waals surface area contributed by atoms with Crippen LogP contribution in [0.1, 0.15) is 19.4 Å². The van der Waals surface area contributed by atoms with Gasteiger partial charge < -0.3 is 4.90 Å². The highest BCUT2D eigenvalue weighted by molar-refractivity contribution is 8.15. The maximum atomic E-state index is 13.0. The van der Waals surface area contributed by atoms with Gasteiger partial charge in [-0.15, -0.1) is 0 Å². The van der Waals surface area contributed by atoms with E-state index in [0.29, 0.717) is 18.1 Å². The highest BCUT2D eigenvalue weighted by Gasteiger charge is 2.48. The van der Waals surface area contributed by atoms with Crippen LogP contribution in [0.5, 0.6) is 0 Å². The van der Waals surface area contributed by atoms with Gasteiger partial charge >= 0.3 is 0 Å². The largest absolute Gasteiger partial charge is 0.346 e. The van der Waals surface area contributed by atoms with Crippen molar-refractivity contribution in [2.45, 2.75) is 31.6 Å². The van der Waals surface area contributed by atoms with Crippen LogP contribution in [-0.2, 0) is 21.1 Å². The van der Waals surface area contributed by atoms with Crippen molar-refractivity contribution in [2.24, 2.45) is 10.9 Å². The van der Waals surface area contributed by atoms with Gasteiger partial charge in [-0.05, 0) is 24.1 Å². The van der Waals surface area contributed by atoms with Crippen LogP contribution in [0, 0.1) is 11.7 Å². The second kappa shape index (κ2) is 7.07. The van der Waals surface area contributed by atoms with E-state index in [0.717, 1.165) is 5.56 Å². The summed E-state index contributed by atoms with van der Waals surface area (Å²) in [5.41, 5.74) is 0.963. The molecule has 1 aromatic carbocycles. The fourth-order valence-corrected chi connectivity index (χ4v) is 7.00. The number of aliphatic imine (C=N–C) groups is 1. The SMILES string of the molecule is CC(C)C(=O)N=C1S[C@@H]2CS(=O)(=O)C[C@@H]2N1CCc1ccc(F)cc1. The molecule has 0 bridgehead atoms. The smallest absolute Gasteiger partial charge is 0.250 e. The molecule has 5 nitrogen and oxygen atoms in total. The molecule has 0 aliphatic carbocycles. The van der Waals surface area contributed by atoms with Crippen molar-refractivity contribution in [3.63, 3.8) is 0 Å². The third-order valence-corrected chi connectivity index (χ3v) is 7.68. The Morgan fingerprint density at radius 1 is 1.32 bits per heavy atom. The van der Waals surface area contributed by atoms with Gasteiger partial charge in [0.05, 0.1) is 17.5 Å². The summed E-state index contributed by atoms with van der Waals surface area (Å²) in [5, 5.41) is 0.544. The quantitative estimate of drug-likeness (QED) is 0.796. The molecule has 2 aliphatic rings. The zero-order valence-corrected chi connectivity index (χ0v) is 15.8. The lowest BCUT2D eigenvalue weighted by Crippen LogP contribution is -2.39. The topological polar surface area (TPSA) is 66.8 Å². The maximum Gasteiger partial charge on any atom is 0.250 e. The van der Waals surface area contributed by atoms with Gasteiger partial charge in [-0.2, -0.15) is 4.99 Å². The van der Waals surface area contributed by atoms with Crippen LogP contribution < -0.4 is 0 Å². The number of hydrogen-bond donors (Lipinski definition) is 0. The number of halogens is 1. The molecule has 2 saturated heterocycles. The molecule has 0 radical (unpaired) electrons. The predicted octanol–water partition coefficient (Wildman–Crippen LogP) is 2.12. The van der Waals surface area contributed by atoms with Crippen molar-refractivity contribution in [1.29, 1.82) is 0 Å². The van der Waals surface area contributed by atoms with E-state index >= 15 is 0 Å². The summed E-state index contributed by atoms with van der Waals surface area (Å²) in [4.78, 5) is 18.2. The molecule has 2 aliphatic heterocycles. The van der Waals surface area contributed by atoms with E-state index in [1.54, 1.807) is 26.0 Å². The summed E-state index contributed by atoms with van der Waals surface area (Å²) < 4.78 is 36.9. The van der Waals surface area contributed by atoms with E-state index in [1.165, 1.54) is 23.9 Å². The van der Waals surface area contributed by atoms with Gasteiger partial charge in [0.15, 0.2) is 15.0 Å². The van der Waals surface area contributed by atoms with Crippen molar-refractivity contribution in [3.05, 3.63) is 35.6 Å². The standard InChI is InChI=1S/C17H21FN2O3S2/c1-11(2)16(21)19-17-20(8-7-12-3-5-13(18)6-4-12)14-9-25(22,23)10-15(14)24-17/h3-6,11,14-15H,7-10H2,1-2H3/t14-,15+/m0/s1. The summed E-state index contributed by atoms with van der Waals surface area (Å²) in [6, 6.07) is 6.12. The predicted molar refractivity (Wildman–Crippen MR) is 97.9 cm³/mol. The Morgan fingerprint density at radius 2 is 2.00 bits per heavy atom. The van der Waals surface area contributed by atoms with Gasteiger partial charge in [-0.1, -0.05) is 37.7 Å². The molecular formula is C17H21FN2O3S2. The molecule has 2 fully saturated rings. The van der Waals surface area contributed by atoms with E-state index in [9.17, 15) is 17.6 Å². The normalized spacial score (nSPS) is 26.4. The number of amidine groups is 1. The number of benzene rings is 1. The number of amides is 1. The summed E-state index contributed by atoms with van der Waals surface area (Å²) in [6.07, 6.45) is 0.638. The molecule has 136 valence electrons. The van der Waals surface area contributed by atoms with Gasteiger partial charge in [-0.3, -0.25) is 4.79 Å². The second-order valence-corrected chi connectivity index (χ2v) is 10.1. The van der Waals surface area contributed by atoms with Crippen LogP contribution in [0.3, 0.4) is 0 Å². The number of carbonyl (C=O) groups excluding carboxylic acids is 1. The van der Waals surface area contributed by atoms with Crippen LogP contribution in [0.4, 0.5) is 4.39 Å². The Labute approximate surface area is 151 Å². The molecule has 0 saturated carbocycles. The molecule has 1 aromatic rings. The highest BCUT2D eigenvalue weighted by atomic mass is 32.2. The van der Waals surface area contributed by atoms with Crippen LogP contribution in [-0.4, -0.2) is 53.7 Å². The molecule has 0 aromatic heterocycles. The highest BCUT2D eigenvalue weighted by Crippen LogP contribution is 2.38. The maximum absolute atomic E-state index is 13.0. The molecule has 8 heteroatoms. The zero-order valence-electron chi connectivity index (χ0n) is 14.2. The number of sulfone groups is 1. The summed E-state index contributed by atoms with van der Waals surface area (Å²) >= 11 is 1.39. The minimum absolute atomic E-state index is 0.0723. The first-order chi connectivity index (χ1) is 11.7. The Kier molecular flexibility index (Phi) is 5.20. The fourth-order valence-electron chi connectivity index (χ4n) is 3.02. The minimum atomic E-state index is -3.05. The molecule has 0 N–H and O–H groups in total. The second-order valence-electron chi connectivity index (χ2n) is 6.76. The first-order valence-electron chi connectivity index (χ1n) is 8.26. The lowest BCUT2D eigenvalue weighted by Gasteiger charge is -2.24. The van der Waals surface area contributed by atoms with Gasteiger partial charge in [0, 0.05) is 17.7 Å². The molecule has 1 amide bonds. The van der Waals surface area contributed by atoms with E-state index in [4.69, 9.17) is 0 Å². The number of rotatable bonds is 4. The van der Waals surface area contributed by atoms with Crippen LogP contribution in [0.15, 0.2) is 29.3 Å². The molecule has 3 rings (SSSR count). The summed E-state index contributed by atoms with van der Waals surface area (Å²) in [6.45, 7) is 4.14. The molecule has 2 heterocycles. The first kappa shape index (κ1) is 18.4. The Balaban J connectivity index is 1.79. The van der Waals surface area contributed by atoms with E-state index in [2.05, 4.69) is 4.99 Å². The van der Waals surface area contributed by atoms with Crippen LogP contribution in [0.2, 0.25) is 0 Å². The van der Waals surface area contributed by atoms with E-state index in [1.807, 2.05) is 4.90 Å². The van der Waals surface area contributed by atoms with Gasteiger partial charge in [0.2, 0.25) is 0 Å². The summed E-state index contributed by atoms with van der Waals surface area (Å²) in [5.74, 6) is -0.451. The van der Waals surface area contributed by atoms with Gasteiger partial charge in [0.1, 0.15) is 5.82 Å². The minimum Gasteiger partial charge on any atom is -0.346 e. The summed E-state index contributed by atoms with van der Waals surface area (Å²) in [7, 11) is -3.05. The van der Waals surface area contributed by atoms with E-state index in [-0.39, 0.29) is 40.4 Å². The fraction of sp³-hybridized carbons (Fsp3) is 0.529. The molecule has 0 spiro atoms. The number of hydrogen-bond acceptors (Lipinski definition) is 4. The average Bonchev–Trinajstić information content (AvgIpc) is 2.98. The number of fused-ring (bicyclic) bond motifs is 1. The van der Waals surface area contributed by atoms with E-state index < -0.39 is 9.84 Å². The Bertz CT molecular complexity index is 791. The molecule has 2 atom stereocenters. The lowest BCUT2D eigenvalue weighted by molar-refractivity contribution is -0.120. The van der Waals surface area contributed by atoms with Crippen molar-refractivity contribution in [1.82, 2.24) is 4.90 Å². The Morgan fingerprint density at radius 3 is 2.64 bits per heavy atom. The zero-order chi connectivity index (χ0) is 18.2. The number of nitrogens with zero attached hydrogens (tertiary/aromatic N) is 2. The monoisotopic (exact) mass is 384 g/mol. The molecular weight excluding hydrogens is 363 g/mol. The third-order valence-electron chi connectivity index (χ3n) is 4.43. The van der Waals surface area contributed by atoms with Crippen molar-refractivity contribution >= 4 is 32.7 Å². The number of thioether (sulfide) groups is 1. The molecule has 0 unspecified atom stereocenters. The van der Waals surface area contributed by atoms with Crippen molar-refractivity contribution in [2.75, 3.05) is 18.1 Å². The van der Waals surface area contributed by atoms with Gasteiger partial charge in [0.25, 0.3) is 5.91 Å².